The fourth-order valence-corrected chi connectivity index (χ4v) is 7.34. The van der Waals surface area contributed by atoms with Crippen LogP contribution in [0.15, 0.2) is 128 Å². The zero-order valence-corrected chi connectivity index (χ0v) is 28.6. The van der Waals surface area contributed by atoms with Crippen LogP contribution in [0.4, 0.5) is 0 Å². The number of benzene rings is 6. The van der Waals surface area contributed by atoms with E-state index in [0.29, 0.717) is 5.56 Å². The normalized spacial score (nSPS) is 15.2. The summed E-state index contributed by atoms with van der Waals surface area (Å²) in [4.78, 5) is 9.02. The summed E-state index contributed by atoms with van der Waals surface area (Å²) >= 11 is 0. The van der Waals surface area contributed by atoms with Gasteiger partial charge in [-0.25, -0.2) is 0 Å². The second-order valence-corrected chi connectivity index (χ2v) is 12.3. The maximum absolute atomic E-state index is 7.54. The second-order valence-electron chi connectivity index (χ2n) is 12.3. The molecule has 0 aliphatic rings. The largest absolute Gasteiger partial charge is 0.333 e. The van der Waals surface area contributed by atoms with Crippen LogP contribution in [0.1, 0.15) is 29.0 Å². The van der Waals surface area contributed by atoms with E-state index in [2.05, 4.69) is 117 Å². The van der Waals surface area contributed by atoms with E-state index in [4.69, 9.17) is 17.3 Å². The molecule has 0 N–H and O–H groups in total. The van der Waals surface area contributed by atoms with Crippen LogP contribution < -0.4 is 0 Å². The first-order valence-electron chi connectivity index (χ1n) is 20.4. The van der Waals surface area contributed by atoms with Gasteiger partial charge in [-0.05, 0) is 60.7 Å². The molecular weight excluding hydrogens is 789 g/mol. The standard InChI is InChI=1S/C31H16N3.C14H14N.Ir/c1-2-10-22-18(8-1)23-16-28-24(17-29(23)34-27-15-6-4-13-25(27)32-31(22)34)21-12-7-11-20-19-9-3-5-14-26(19)33(28)30(20)21;1-10-4-6-13(7-5-10)14-8-11(2)12(3)9-15-14;/h1-9,11-17H;4-6,8-9H,1-3H3;/q2*-1;/i;1D3,2D3,3D3;. The van der Waals surface area contributed by atoms with Gasteiger partial charge in [-0.2, -0.15) is 0 Å². The number of para-hydroxylation sites is 4. The number of hydrogen-bond donors (Lipinski definition) is 0. The predicted octanol–water partition coefficient (Wildman–Crippen LogP) is 11.2. The SMILES string of the molecule is [2H]C([2H])([2H])c1c[c-]c(-c2cc(C([2H])([2H])[2H])c(C([2H])([2H])[2H])cn2)cc1.[Ir].[c-]1cccc2c1c1nc3ccccc3n1c1cc3c4cccc5c6ccccc6n(c3cc21)c54. The number of fused-ring (bicyclic) bond motifs is 14. The summed E-state index contributed by atoms with van der Waals surface area (Å²) in [6.07, 6.45) is 1.02. The van der Waals surface area contributed by atoms with Crippen molar-refractivity contribution in [1.29, 1.82) is 0 Å². The summed E-state index contributed by atoms with van der Waals surface area (Å²) in [6.45, 7) is -7.47. The Morgan fingerprint density at radius 1 is 0.600 bits per heavy atom. The zero-order valence-electron chi connectivity index (χ0n) is 35.2. The molecule has 5 aromatic heterocycles. The quantitative estimate of drug-likeness (QED) is 0.122. The van der Waals surface area contributed by atoms with Crippen molar-refractivity contribution < 1.29 is 32.4 Å². The minimum Gasteiger partial charge on any atom is -0.333 e. The van der Waals surface area contributed by atoms with E-state index in [1.54, 1.807) is 0 Å². The van der Waals surface area contributed by atoms with Crippen molar-refractivity contribution in [2.45, 2.75) is 20.6 Å². The van der Waals surface area contributed by atoms with E-state index in [9.17, 15) is 0 Å². The van der Waals surface area contributed by atoms with Crippen LogP contribution >= 0.6 is 0 Å². The molecule has 0 atom stereocenters. The molecule has 0 unspecified atom stereocenters. The van der Waals surface area contributed by atoms with Gasteiger partial charge in [0.2, 0.25) is 0 Å². The molecule has 5 heteroatoms. The van der Waals surface area contributed by atoms with Crippen LogP contribution in [-0.4, -0.2) is 18.8 Å². The molecule has 50 heavy (non-hydrogen) atoms. The Morgan fingerprint density at radius 2 is 1.34 bits per heavy atom. The zero-order chi connectivity index (χ0) is 40.3. The van der Waals surface area contributed by atoms with Crippen LogP contribution in [0, 0.1) is 32.7 Å². The van der Waals surface area contributed by atoms with Gasteiger partial charge in [0.25, 0.3) is 0 Å². The van der Waals surface area contributed by atoms with Crippen molar-refractivity contribution in [3.05, 3.63) is 156 Å². The predicted molar refractivity (Wildman–Crippen MR) is 204 cm³/mol. The van der Waals surface area contributed by atoms with Crippen LogP contribution in [-0.2, 0) is 20.1 Å². The number of hydrogen-bond acceptors (Lipinski definition) is 2. The number of pyridine rings is 2. The van der Waals surface area contributed by atoms with Gasteiger partial charge in [0.15, 0.2) is 0 Å². The first-order valence-corrected chi connectivity index (χ1v) is 15.9. The van der Waals surface area contributed by atoms with Crippen LogP contribution in [0.25, 0.3) is 87.7 Å². The van der Waals surface area contributed by atoms with Gasteiger partial charge in [0.05, 0.1) is 33.2 Å². The van der Waals surface area contributed by atoms with E-state index < -0.39 is 20.6 Å². The van der Waals surface area contributed by atoms with E-state index in [1.165, 1.54) is 78.6 Å². The maximum Gasteiger partial charge on any atom is 0.0774 e. The summed E-state index contributed by atoms with van der Waals surface area (Å²) in [5.74, 6) is 0. The van der Waals surface area contributed by atoms with Crippen molar-refractivity contribution >= 4 is 76.5 Å². The molecule has 11 rings (SSSR count). The van der Waals surface area contributed by atoms with E-state index in [1.807, 2.05) is 6.07 Å². The molecule has 241 valence electrons. The molecule has 0 fully saturated rings. The fraction of sp³-hybridized carbons (Fsp3) is 0.0667. The molecule has 5 heterocycles. The maximum atomic E-state index is 7.54. The number of aromatic nitrogens is 4. The molecule has 0 saturated heterocycles. The smallest absolute Gasteiger partial charge is 0.0774 e. The van der Waals surface area contributed by atoms with Gasteiger partial charge in [-0.3, -0.25) is 4.98 Å². The first-order chi connectivity index (χ1) is 27.7. The molecule has 0 bridgehead atoms. The second kappa shape index (κ2) is 11.5. The third kappa shape index (κ3) is 4.41. The molecule has 0 aliphatic carbocycles. The van der Waals surface area contributed by atoms with Gasteiger partial charge in [0, 0.05) is 65.7 Å². The Balaban J connectivity index is 0.000000160. The average Bonchev–Trinajstić information content (AvgIpc) is 3.87. The molecular formula is C45H30IrN4-2. The molecule has 4 nitrogen and oxygen atoms in total. The number of rotatable bonds is 1. The summed E-state index contributed by atoms with van der Waals surface area (Å²) in [7, 11) is 0. The van der Waals surface area contributed by atoms with Crippen molar-refractivity contribution in [1.82, 2.24) is 18.8 Å². The summed E-state index contributed by atoms with van der Waals surface area (Å²) in [6, 6.07) is 46.4. The van der Waals surface area contributed by atoms with Gasteiger partial charge in [-0.15, -0.1) is 65.0 Å². The summed E-state index contributed by atoms with van der Waals surface area (Å²) in [5.41, 5.74) is 8.14. The Kier molecular flexibility index (Phi) is 5.09. The molecule has 0 aliphatic heterocycles. The van der Waals surface area contributed by atoms with E-state index in [0.717, 1.165) is 28.3 Å². The molecule has 0 saturated carbocycles. The van der Waals surface area contributed by atoms with Gasteiger partial charge < -0.3 is 13.8 Å². The Labute approximate surface area is 315 Å². The minimum absolute atomic E-state index is 0. The van der Waals surface area contributed by atoms with Crippen LogP contribution in [0.2, 0.25) is 0 Å². The van der Waals surface area contributed by atoms with Crippen molar-refractivity contribution in [3.63, 3.8) is 0 Å². The third-order valence-corrected chi connectivity index (χ3v) is 9.50. The van der Waals surface area contributed by atoms with Gasteiger partial charge in [-0.1, -0.05) is 72.4 Å². The first kappa shape index (κ1) is 22.2. The summed E-state index contributed by atoms with van der Waals surface area (Å²) < 4.78 is 71.7. The Morgan fingerprint density at radius 3 is 2.16 bits per heavy atom. The molecule has 1 radical (unpaired) electrons. The average molecular weight is 828 g/mol. The molecule has 0 amide bonds. The van der Waals surface area contributed by atoms with Crippen molar-refractivity contribution in [2.75, 3.05) is 0 Å². The molecule has 0 spiro atoms. The molecule has 6 aromatic carbocycles. The summed E-state index contributed by atoms with van der Waals surface area (Å²) in [5, 5.41) is 8.65. The van der Waals surface area contributed by atoms with Gasteiger partial charge in [0.1, 0.15) is 0 Å². The van der Waals surface area contributed by atoms with Crippen molar-refractivity contribution in [2.24, 2.45) is 0 Å². The monoisotopic (exact) mass is 828 g/mol. The number of nitrogens with zero attached hydrogens (tertiary/aromatic N) is 4. The van der Waals surface area contributed by atoms with Crippen molar-refractivity contribution in [3.8, 4) is 11.3 Å². The van der Waals surface area contributed by atoms with Gasteiger partial charge >= 0.3 is 0 Å². The Hall–Kier alpha value is -5.61. The topological polar surface area (TPSA) is 34.6 Å². The number of imidazole rings is 1. The van der Waals surface area contributed by atoms with E-state index in [-0.39, 0.29) is 42.5 Å². The fourth-order valence-electron chi connectivity index (χ4n) is 7.34. The Bertz CT molecular complexity index is 3420. The third-order valence-electron chi connectivity index (χ3n) is 9.50. The number of aryl methyl sites for hydroxylation is 3. The molecule has 11 aromatic rings. The van der Waals surface area contributed by atoms with Crippen LogP contribution in [0.5, 0.6) is 0 Å². The van der Waals surface area contributed by atoms with Crippen LogP contribution in [0.3, 0.4) is 0 Å². The van der Waals surface area contributed by atoms with E-state index >= 15 is 0 Å². The minimum atomic E-state index is -2.61.